The van der Waals surface area contributed by atoms with Crippen LogP contribution in [0.2, 0.25) is 5.02 Å². The van der Waals surface area contributed by atoms with Crippen molar-refractivity contribution in [3.8, 4) is 0 Å². The molecule has 0 amide bonds. The fourth-order valence-corrected chi connectivity index (χ4v) is 1.33. The van der Waals surface area contributed by atoms with Gasteiger partial charge < -0.3 is 0 Å². The number of hydrogen-bond donors (Lipinski definition) is 0. The molecular formula is C10H11Cl. The lowest BCUT2D eigenvalue weighted by molar-refractivity contribution is 1.41. The second-order valence-electron chi connectivity index (χ2n) is 2.74. The van der Waals surface area contributed by atoms with E-state index < -0.39 is 0 Å². The van der Waals surface area contributed by atoms with Crippen LogP contribution in [0.1, 0.15) is 18.1 Å². The molecule has 0 aromatic heterocycles. The van der Waals surface area contributed by atoms with Crippen LogP contribution >= 0.6 is 11.6 Å². The third kappa shape index (κ3) is 1.84. The van der Waals surface area contributed by atoms with E-state index in [9.17, 15) is 0 Å². The van der Waals surface area contributed by atoms with Gasteiger partial charge in [0.15, 0.2) is 0 Å². The quantitative estimate of drug-likeness (QED) is 0.597. The average Bonchev–Trinajstić information content (AvgIpc) is 1.85. The molecule has 0 aliphatic rings. The van der Waals surface area contributed by atoms with Crippen molar-refractivity contribution in [2.24, 2.45) is 0 Å². The Morgan fingerprint density at radius 2 is 2.09 bits per heavy atom. The van der Waals surface area contributed by atoms with Gasteiger partial charge in [0.25, 0.3) is 0 Å². The van der Waals surface area contributed by atoms with Gasteiger partial charge in [0.05, 0.1) is 0 Å². The van der Waals surface area contributed by atoms with Crippen LogP contribution in [-0.4, -0.2) is 0 Å². The summed E-state index contributed by atoms with van der Waals surface area (Å²) < 4.78 is 0. The zero-order chi connectivity index (χ0) is 8.43. The first-order valence-corrected chi connectivity index (χ1v) is 3.91. The molecule has 1 aromatic carbocycles. The van der Waals surface area contributed by atoms with E-state index in [4.69, 9.17) is 11.6 Å². The Bertz CT molecular complexity index is 287. The summed E-state index contributed by atoms with van der Waals surface area (Å²) in [6.45, 7) is 7.91. The van der Waals surface area contributed by atoms with E-state index in [1.54, 1.807) is 0 Å². The van der Waals surface area contributed by atoms with E-state index in [0.29, 0.717) is 0 Å². The summed E-state index contributed by atoms with van der Waals surface area (Å²) in [5.74, 6) is 0. The fourth-order valence-electron chi connectivity index (χ4n) is 1.11. The first-order chi connectivity index (χ1) is 5.11. The molecule has 0 saturated carbocycles. The Hall–Kier alpha value is -0.750. The number of benzene rings is 1. The van der Waals surface area contributed by atoms with Gasteiger partial charge in [0.1, 0.15) is 0 Å². The third-order valence-electron chi connectivity index (χ3n) is 1.65. The smallest absolute Gasteiger partial charge is 0.0409 e. The van der Waals surface area contributed by atoms with E-state index in [-0.39, 0.29) is 0 Å². The first-order valence-electron chi connectivity index (χ1n) is 3.53. The summed E-state index contributed by atoms with van der Waals surface area (Å²) in [6, 6.07) is 5.84. The van der Waals surface area contributed by atoms with E-state index in [2.05, 4.69) is 6.58 Å². The van der Waals surface area contributed by atoms with Crippen molar-refractivity contribution in [1.29, 1.82) is 0 Å². The molecule has 0 spiro atoms. The Morgan fingerprint density at radius 1 is 1.45 bits per heavy atom. The molecule has 0 atom stereocenters. The van der Waals surface area contributed by atoms with Gasteiger partial charge in [-0.15, -0.1) is 0 Å². The molecule has 0 aliphatic heterocycles. The molecule has 0 heterocycles. The Morgan fingerprint density at radius 3 is 2.55 bits per heavy atom. The van der Waals surface area contributed by atoms with E-state index >= 15 is 0 Å². The maximum Gasteiger partial charge on any atom is 0.0409 e. The second-order valence-corrected chi connectivity index (χ2v) is 3.18. The second kappa shape index (κ2) is 3.10. The van der Waals surface area contributed by atoms with E-state index in [1.807, 2.05) is 32.0 Å². The van der Waals surface area contributed by atoms with Crippen LogP contribution < -0.4 is 0 Å². The van der Waals surface area contributed by atoms with Crippen molar-refractivity contribution < 1.29 is 0 Å². The van der Waals surface area contributed by atoms with E-state index in [0.717, 1.165) is 10.6 Å². The van der Waals surface area contributed by atoms with Gasteiger partial charge in [-0.2, -0.15) is 0 Å². The third-order valence-corrected chi connectivity index (χ3v) is 1.88. The monoisotopic (exact) mass is 166 g/mol. The Labute approximate surface area is 72.5 Å². The van der Waals surface area contributed by atoms with Crippen molar-refractivity contribution in [1.82, 2.24) is 0 Å². The molecule has 11 heavy (non-hydrogen) atoms. The lowest BCUT2D eigenvalue weighted by Crippen LogP contribution is -1.83. The molecule has 0 N–H and O–H groups in total. The van der Waals surface area contributed by atoms with E-state index in [1.165, 1.54) is 11.1 Å². The van der Waals surface area contributed by atoms with Gasteiger partial charge in [0, 0.05) is 5.02 Å². The minimum Gasteiger partial charge on any atom is -0.0955 e. The summed E-state index contributed by atoms with van der Waals surface area (Å²) in [6.07, 6.45) is 0. The zero-order valence-electron chi connectivity index (χ0n) is 6.82. The number of halogens is 1. The van der Waals surface area contributed by atoms with Gasteiger partial charge in [-0.1, -0.05) is 29.8 Å². The molecule has 1 rings (SSSR count). The molecule has 58 valence electrons. The molecule has 0 fully saturated rings. The highest BCUT2D eigenvalue weighted by Crippen LogP contribution is 2.20. The molecule has 1 heteroatoms. The molecule has 0 nitrogen and oxygen atoms in total. The van der Waals surface area contributed by atoms with Gasteiger partial charge >= 0.3 is 0 Å². The normalized spacial score (nSPS) is 9.73. The van der Waals surface area contributed by atoms with Gasteiger partial charge in [0.2, 0.25) is 0 Å². The summed E-state index contributed by atoms with van der Waals surface area (Å²) in [7, 11) is 0. The average molecular weight is 167 g/mol. The predicted molar refractivity (Wildman–Crippen MR) is 50.9 cm³/mol. The van der Waals surface area contributed by atoms with Gasteiger partial charge in [-0.3, -0.25) is 0 Å². The fraction of sp³-hybridized carbons (Fsp3) is 0.200. The maximum absolute atomic E-state index is 5.79. The molecule has 0 radical (unpaired) electrons. The molecule has 0 bridgehead atoms. The van der Waals surface area contributed by atoms with Crippen LogP contribution in [0.4, 0.5) is 0 Å². The van der Waals surface area contributed by atoms with Crippen LogP contribution in [-0.2, 0) is 0 Å². The number of rotatable bonds is 1. The summed E-state index contributed by atoms with van der Waals surface area (Å²) in [5.41, 5.74) is 3.46. The lowest BCUT2D eigenvalue weighted by Gasteiger charge is -2.03. The number of hydrogen-bond acceptors (Lipinski definition) is 0. The molecule has 0 unspecified atom stereocenters. The summed E-state index contributed by atoms with van der Waals surface area (Å²) in [4.78, 5) is 0. The molecule has 1 aromatic rings. The highest BCUT2D eigenvalue weighted by Gasteiger charge is 1.97. The minimum atomic E-state index is 0.785. The summed E-state index contributed by atoms with van der Waals surface area (Å²) in [5, 5.41) is 0.785. The lowest BCUT2D eigenvalue weighted by atomic mass is 10.0. The molecular weight excluding hydrogens is 156 g/mol. The Balaban J connectivity index is 3.20. The van der Waals surface area contributed by atoms with Crippen molar-refractivity contribution in [2.75, 3.05) is 0 Å². The van der Waals surface area contributed by atoms with Crippen molar-refractivity contribution in [3.63, 3.8) is 0 Å². The van der Waals surface area contributed by atoms with Gasteiger partial charge in [-0.05, 0) is 37.1 Å². The largest absolute Gasteiger partial charge is 0.0955 e. The SMILES string of the molecule is C=C(C)c1ccc(Cl)cc1C. The first kappa shape index (κ1) is 8.35. The molecule has 0 saturated heterocycles. The predicted octanol–water partition coefficient (Wildman–Crippen LogP) is 3.68. The highest BCUT2D eigenvalue weighted by molar-refractivity contribution is 6.30. The standard InChI is InChI=1S/C10H11Cl/c1-7(2)10-5-4-9(11)6-8(10)3/h4-6H,1H2,2-3H3. The topological polar surface area (TPSA) is 0 Å². The maximum atomic E-state index is 5.79. The van der Waals surface area contributed by atoms with Gasteiger partial charge in [-0.25, -0.2) is 0 Å². The van der Waals surface area contributed by atoms with Crippen LogP contribution in [0.5, 0.6) is 0 Å². The van der Waals surface area contributed by atoms with Crippen molar-refractivity contribution >= 4 is 17.2 Å². The highest BCUT2D eigenvalue weighted by atomic mass is 35.5. The Kier molecular flexibility index (Phi) is 2.35. The van der Waals surface area contributed by atoms with Crippen LogP contribution in [0, 0.1) is 6.92 Å². The van der Waals surface area contributed by atoms with Crippen LogP contribution in [0.3, 0.4) is 0 Å². The van der Waals surface area contributed by atoms with Crippen molar-refractivity contribution in [3.05, 3.63) is 40.9 Å². The minimum absolute atomic E-state index is 0.785. The number of allylic oxidation sites excluding steroid dienone is 1. The molecule has 0 aliphatic carbocycles. The van der Waals surface area contributed by atoms with Crippen molar-refractivity contribution in [2.45, 2.75) is 13.8 Å². The van der Waals surface area contributed by atoms with Crippen LogP contribution in [0.25, 0.3) is 5.57 Å². The zero-order valence-corrected chi connectivity index (χ0v) is 7.57. The number of aryl methyl sites for hydroxylation is 1. The summed E-state index contributed by atoms with van der Waals surface area (Å²) >= 11 is 5.79. The van der Waals surface area contributed by atoms with Crippen LogP contribution in [0.15, 0.2) is 24.8 Å².